The zero-order chi connectivity index (χ0) is 17.4. The Balaban J connectivity index is 0. The van der Waals surface area contributed by atoms with Gasteiger partial charge in [-0.2, -0.15) is 3.84 Å². The van der Waals surface area contributed by atoms with Crippen molar-refractivity contribution in [2.75, 3.05) is 6.61 Å². The van der Waals surface area contributed by atoms with Crippen LogP contribution >= 0.6 is 23.7 Å². The molecule has 0 amide bonds. The second kappa shape index (κ2) is 27.9. The van der Waals surface area contributed by atoms with Crippen LogP contribution in [-0.4, -0.2) is 6.61 Å². The fourth-order valence-electron chi connectivity index (χ4n) is 2.71. The van der Waals surface area contributed by atoms with Crippen LogP contribution in [0, 0.1) is 0 Å². The Labute approximate surface area is 165 Å². The van der Waals surface area contributed by atoms with Crippen molar-refractivity contribution in [3.8, 4) is 0 Å². The van der Waals surface area contributed by atoms with Gasteiger partial charge in [0, 0.05) is 0 Å². The second-order valence-corrected chi connectivity index (χ2v) is 7.06. The fourth-order valence-corrected chi connectivity index (χ4v) is 2.92. The summed E-state index contributed by atoms with van der Waals surface area (Å²) in [5.74, 6) is 0. The second-order valence-electron chi connectivity index (χ2n) is 6.19. The summed E-state index contributed by atoms with van der Waals surface area (Å²) in [6, 6.07) is 0. The van der Waals surface area contributed by atoms with E-state index in [1.165, 1.54) is 103 Å². The molecule has 0 N–H and O–H groups in total. The third-order valence-corrected chi connectivity index (χ3v) is 4.37. The first kappa shape index (κ1) is 26.3. The van der Waals surface area contributed by atoms with Crippen LogP contribution in [0.5, 0.6) is 0 Å². The summed E-state index contributed by atoms with van der Waals surface area (Å²) in [5.41, 5.74) is 0. The molecule has 0 fully saturated rings. The van der Waals surface area contributed by atoms with Gasteiger partial charge < -0.3 is 0 Å². The van der Waals surface area contributed by atoms with Crippen LogP contribution in [0.25, 0.3) is 0 Å². The van der Waals surface area contributed by atoms with Crippen LogP contribution in [0.3, 0.4) is 0 Å². The van der Waals surface area contributed by atoms with Gasteiger partial charge in [-0.05, 0) is 0 Å². The SMILES string of the molecule is CCCCCCCCCCCCCCCCCC[O][V].ClOCl. The van der Waals surface area contributed by atoms with Gasteiger partial charge in [0.1, 0.15) is 0 Å². The third-order valence-electron chi connectivity index (χ3n) is 4.09. The molecule has 0 aromatic heterocycles. The van der Waals surface area contributed by atoms with E-state index < -0.39 is 0 Å². The van der Waals surface area contributed by atoms with E-state index in [-0.39, 0.29) is 0 Å². The van der Waals surface area contributed by atoms with E-state index in [1.807, 2.05) is 0 Å². The Bertz CT molecular complexity index is 168. The van der Waals surface area contributed by atoms with Gasteiger partial charge >= 0.3 is 92.3 Å². The van der Waals surface area contributed by atoms with E-state index >= 15 is 0 Å². The molecule has 2 nitrogen and oxygen atoms in total. The van der Waals surface area contributed by atoms with Crippen molar-refractivity contribution in [3.63, 3.8) is 0 Å². The minimum Gasteiger partial charge on any atom is -0.166 e. The predicted octanol–water partition coefficient (Wildman–Crippen LogP) is 8.04. The summed E-state index contributed by atoms with van der Waals surface area (Å²) in [6.45, 7) is 3.21. The van der Waals surface area contributed by atoms with Crippen molar-refractivity contribution in [1.29, 1.82) is 0 Å². The van der Waals surface area contributed by atoms with Gasteiger partial charge in [0.15, 0.2) is 0 Å². The van der Waals surface area contributed by atoms with E-state index in [0.29, 0.717) is 0 Å². The van der Waals surface area contributed by atoms with Crippen molar-refractivity contribution in [2.45, 2.75) is 110 Å². The molecule has 0 saturated carbocycles. The molecule has 0 unspecified atom stereocenters. The molecule has 140 valence electrons. The molecule has 0 aliphatic carbocycles. The maximum atomic E-state index is 5.00. The molecule has 0 aliphatic rings. The van der Waals surface area contributed by atoms with Gasteiger partial charge in [-0.3, -0.25) is 0 Å². The zero-order valence-electron chi connectivity index (χ0n) is 15.0. The Morgan fingerprint density at radius 2 is 0.826 bits per heavy atom. The predicted molar refractivity (Wildman–Crippen MR) is 98.3 cm³/mol. The molecular weight excluding hydrogens is 370 g/mol. The minimum atomic E-state index is 0.915. The molecule has 0 radical (unpaired) electrons. The first-order valence-electron chi connectivity index (χ1n) is 9.49. The molecule has 0 aromatic rings. The number of rotatable bonds is 17. The van der Waals surface area contributed by atoms with Gasteiger partial charge in [-0.1, -0.05) is 45.4 Å². The van der Waals surface area contributed by atoms with Crippen LogP contribution in [0.1, 0.15) is 110 Å². The summed E-state index contributed by atoms with van der Waals surface area (Å²) in [5, 5.41) is 0. The van der Waals surface area contributed by atoms with Gasteiger partial charge in [0.05, 0.1) is 23.7 Å². The van der Waals surface area contributed by atoms with Crippen molar-refractivity contribution < 1.29 is 25.3 Å². The van der Waals surface area contributed by atoms with E-state index in [0.717, 1.165) is 6.61 Å². The van der Waals surface area contributed by atoms with E-state index in [2.05, 4.69) is 52.3 Å². The number of hydrogen-bond donors (Lipinski definition) is 0. The maximum Gasteiger partial charge on any atom is 0.0832 e. The van der Waals surface area contributed by atoms with Crippen LogP contribution in [0.15, 0.2) is 0 Å². The van der Waals surface area contributed by atoms with E-state index in [1.54, 1.807) is 0 Å². The molecule has 0 aliphatic heterocycles. The normalized spacial score (nSPS) is 10.4. The van der Waals surface area contributed by atoms with Crippen molar-refractivity contribution in [1.82, 2.24) is 0 Å². The standard InChI is InChI=1S/C18H37O.Cl2O.V/c1-2-3-4-5-6-7-8-9-10-11-12-13-14-15-16-17-18-19;1-3-2;/h2-18H2,1H3;;/q-1;;+1. The smallest absolute Gasteiger partial charge is 0.0832 e. The molecular formula is C18H37Cl2O2V. The van der Waals surface area contributed by atoms with Crippen LogP contribution in [0.4, 0.5) is 0 Å². The molecule has 0 spiro atoms. The van der Waals surface area contributed by atoms with Crippen molar-refractivity contribution in [3.05, 3.63) is 0 Å². The average Bonchev–Trinajstić information content (AvgIpc) is 2.55. The van der Waals surface area contributed by atoms with Gasteiger partial charge in [-0.25, -0.2) is 0 Å². The largest absolute Gasteiger partial charge is 0.166 e. The van der Waals surface area contributed by atoms with Crippen molar-refractivity contribution >= 4 is 23.7 Å². The number of hydrogen-bond acceptors (Lipinski definition) is 2. The zero-order valence-corrected chi connectivity index (χ0v) is 17.9. The molecule has 0 rings (SSSR count). The summed E-state index contributed by atoms with van der Waals surface area (Å²) in [6.07, 6.45) is 22.8. The summed E-state index contributed by atoms with van der Waals surface area (Å²) >= 11 is 10.7. The van der Waals surface area contributed by atoms with Crippen LogP contribution < -0.4 is 0 Å². The molecule has 0 aromatic carbocycles. The molecule has 0 bridgehead atoms. The quantitative estimate of drug-likeness (QED) is 0.227. The third kappa shape index (κ3) is 31.4. The molecule has 0 heterocycles. The Kier molecular flexibility index (Phi) is 31.9. The Morgan fingerprint density at radius 1 is 0.565 bits per heavy atom. The van der Waals surface area contributed by atoms with E-state index in [9.17, 15) is 0 Å². The summed E-state index contributed by atoms with van der Waals surface area (Å²) < 4.78 is 8.19. The molecule has 5 heteroatoms. The molecule has 0 atom stereocenters. The Hall–Kier alpha value is 1.08. The topological polar surface area (TPSA) is 18.5 Å². The molecule has 23 heavy (non-hydrogen) atoms. The summed E-state index contributed by atoms with van der Waals surface area (Å²) in [4.78, 5) is 0. The van der Waals surface area contributed by atoms with Crippen LogP contribution in [0.2, 0.25) is 0 Å². The average molecular weight is 407 g/mol. The Morgan fingerprint density at radius 3 is 1.09 bits per heavy atom. The maximum absolute atomic E-state index is 5.00. The fraction of sp³-hybridized carbons (Fsp3) is 1.00. The molecule has 0 saturated heterocycles. The van der Waals surface area contributed by atoms with Gasteiger partial charge in [-0.15, -0.1) is 0 Å². The number of unbranched alkanes of at least 4 members (excludes halogenated alkanes) is 15. The van der Waals surface area contributed by atoms with E-state index in [4.69, 9.17) is 3.66 Å². The van der Waals surface area contributed by atoms with Gasteiger partial charge in [0.2, 0.25) is 0 Å². The number of halogens is 2. The van der Waals surface area contributed by atoms with Crippen molar-refractivity contribution in [2.24, 2.45) is 0 Å². The van der Waals surface area contributed by atoms with Gasteiger partial charge in [0.25, 0.3) is 0 Å². The minimum absolute atomic E-state index is 0.915. The summed E-state index contributed by atoms with van der Waals surface area (Å²) in [7, 11) is 0. The first-order chi connectivity index (χ1) is 11.3. The monoisotopic (exact) mass is 406 g/mol. The van der Waals surface area contributed by atoms with Crippen LogP contribution in [-0.2, 0) is 25.3 Å². The first-order valence-corrected chi connectivity index (χ1v) is 10.7.